The van der Waals surface area contributed by atoms with Crippen LogP contribution in [0.15, 0.2) is 76.5 Å². The smallest absolute Gasteiger partial charge is 0.290 e. The standard InChI is InChI=1S/C28H28N6O4S2/c1-32(14-19-8-4-2-5-9-19)25-13-22(12-24-26(35)31-28(36)39-24)29-27(30-25)33-15-20-17-34(18-21(20)16-33)40(37,38)23-10-6-3-7-11-23/h2-13,20-21H,14-18H2,1H3,(H,31,35,36)/b24-12+. The van der Waals surface area contributed by atoms with Crippen molar-refractivity contribution in [3.05, 3.63) is 82.9 Å². The Morgan fingerprint density at radius 2 is 1.62 bits per heavy atom. The highest BCUT2D eigenvalue weighted by Crippen LogP contribution is 2.36. The lowest BCUT2D eigenvalue weighted by atomic mass is 10.0. The van der Waals surface area contributed by atoms with Gasteiger partial charge < -0.3 is 9.80 Å². The normalized spacial score (nSPS) is 22.1. The van der Waals surface area contributed by atoms with Gasteiger partial charge in [0.1, 0.15) is 5.82 Å². The van der Waals surface area contributed by atoms with Crippen molar-refractivity contribution in [2.45, 2.75) is 11.4 Å². The Morgan fingerprint density at radius 3 is 2.25 bits per heavy atom. The zero-order valence-electron chi connectivity index (χ0n) is 21.8. The summed E-state index contributed by atoms with van der Waals surface area (Å²) in [5, 5.41) is 1.87. The quantitative estimate of drug-likeness (QED) is 0.424. The molecular weight excluding hydrogens is 548 g/mol. The van der Waals surface area contributed by atoms with Gasteiger partial charge in [-0.3, -0.25) is 14.9 Å². The molecule has 6 rings (SSSR count). The van der Waals surface area contributed by atoms with Crippen LogP contribution in [0.25, 0.3) is 6.08 Å². The molecule has 0 bridgehead atoms. The van der Waals surface area contributed by atoms with Gasteiger partial charge in [-0.15, -0.1) is 0 Å². The van der Waals surface area contributed by atoms with Crippen molar-refractivity contribution in [3.63, 3.8) is 0 Å². The van der Waals surface area contributed by atoms with E-state index in [-0.39, 0.29) is 16.7 Å². The van der Waals surface area contributed by atoms with Crippen molar-refractivity contribution in [3.8, 4) is 0 Å². The molecule has 12 heteroatoms. The molecule has 2 aromatic carbocycles. The van der Waals surface area contributed by atoms with Gasteiger partial charge in [0.05, 0.1) is 15.5 Å². The molecule has 206 valence electrons. The number of imide groups is 1. The van der Waals surface area contributed by atoms with E-state index in [1.54, 1.807) is 46.8 Å². The molecule has 0 spiro atoms. The SMILES string of the molecule is CN(Cc1ccccc1)c1cc(/C=C2/SC(=O)NC2=O)nc(N2CC3CN(S(=O)(=O)c4ccccc4)CC3C2)n1. The number of amides is 2. The molecule has 40 heavy (non-hydrogen) atoms. The van der Waals surface area contributed by atoms with E-state index in [2.05, 4.69) is 10.2 Å². The number of hydrogen-bond acceptors (Lipinski definition) is 9. The molecule has 3 aromatic rings. The van der Waals surface area contributed by atoms with Crippen LogP contribution in [0.3, 0.4) is 0 Å². The number of sulfonamides is 1. The zero-order chi connectivity index (χ0) is 27.9. The maximum absolute atomic E-state index is 13.2. The minimum Gasteiger partial charge on any atom is -0.355 e. The summed E-state index contributed by atoms with van der Waals surface area (Å²) in [6.45, 7) is 2.77. The first kappa shape index (κ1) is 26.5. The Hall–Kier alpha value is -3.74. The molecule has 2 amide bonds. The third kappa shape index (κ3) is 5.34. The van der Waals surface area contributed by atoms with Crippen LogP contribution in [0.2, 0.25) is 0 Å². The van der Waals surface area contributed by atoms with Gasteiger partial charge in [0.15, 0.2) is 0 Å². The molecule has 10 nitrogen and oxygen atoms in total. The van der Waals surface area contributed by atoms with E-state index in [0.29, 0.717) is 55.1 Å². The summed E-state index contributed by atoms with van der Waals surface area (Å²) >= 11 is 0.849. The highest BCUT2D eigenvalue weighted by Gasteiger charge is 2.45. The Kier molecular flexibility index (Phi) is 7.07. The molecule has 3 saturated heterocycles. The predicted molar refractivity (Wildman–Crippen MR) is 154 cm³/mol. The third-order valence-corrected chi connectivity index (χ3v) is 10.1. The van der Waals surface area contributed by atoms with Gasteiger partial charge in [0, 0.05) is 45.8 Å². The first-order chi connectivity index (χ1) is 19.3. The number of nitrogens with one attached hydrogen (secondary N) is 1. The topological polar surface area (TPSA) is 116 Å². The summed E-state index contributed by atoms with van der Waals surface area (Å²) in [7, 11) is -1.59. The minimum atomic E-state index is -3.54. The van der Waals surface area contributed by atoms with Gasteiger partial charge in [-0.05, 0) is 47.4 Å². The summed E-state index contributed by atoms with van der Waals surface area (Å²) in [5.74, 6) is 1.07. The van der Waals surface area contributed by atoms with Crippen LogP contribution in [-0.4, -0.2) is 67.1 Å². The second-order valence-electron chi connectivity index (χ2n) is 10.2. The molecule has 2 atom stereocenters. The number of carbonyl (C=O) groups is 2. The van der Waals surface area contributed by atoms with Crippen molar-refractivity contribution < 1.29 is 18.0 Å². The Balaban J connectivity index is 1.25. The van der Waals surface area contributed by atoms with Gasteiger partial charge in [0.25, 0.3) is 11.1 Å². The highest BCUT2D eigenvalue weighted by molar-refractivity contribution is 8.18. The molecule has 3 fully saturated rings. The average molecular weight is 577 g/mol. The lowest BCUT2D eigenvalue weighted by Gasteiger charge is -2.24. The van der Waals surface area contributed by atoms with Crippen molar-refractivity contribution >= 4 is 50.8 Å². The van der Waals surface area contributed by atoms with Crippen LogP contribution in [0.1, 0.15) is 11.3 Å². The van der Waals surface area contributed by atoms with E-state index in [1.165, 1.54) is 0 Å². The molecule has 3 aliphatic heterocycles. The number of nitrogens with zero attached hydrogens (tertiary/aromatic N) is 5. The molecule has 4 heterocycles. The van der Waals surface area contributed by atoms with E-state index in [1.807, 2.05) is 42.3 Å². The van der Waals surface area contributed by atoms with Crippen molar-refractivity contribution in [1.82, 2.24) is 19.6 Å². The second kappa shape index (κ2) is 10.7. The highest BCUT2D eigenvalue weighted by atomic mass is 32.2. The van der Waals surface area contributed by atoms with Crippen LogP contribution >= 0.6 is 11.8 Å². The van der Waals surface area contributed by atoms with Gasteiger partial charge in [0.2, 0.25) is 16.0 Å². The molecule has 2 unspecified atom stereocenters. The number of benzene rings is 2. The number of carbonyl (C=O) groups excluding carboxylic acids is 2. The van der Waals surface area contributed by atoms with Crippen LogP contribution < -0.4 is 15.1 Å². The summed E-state index contributed by atoms with van der Waals surface area (Å²) in [5.41, 5.74) is 1.65. The fourth-order valence-corrected chi connectivity index (χ4v) is 7.64. The summed E-state index contributed by atoms with van der Waals surface area (Å²) < 4.78 is 27.9. The van der Waals surface area contributed by atoms with Crippen molar-refractivity contribution in [2.24, 2.45) is 11.8 Å². The van der Waals surface area contributed by atoms with Crippen LogP contribution in [0, 0.1) is 11.8 Å². The first-order valence-electron chi connectivity index (χ1n) is 13.0. The van der Waals surface area contributed by atoms with E-state index in [4.69, 9.17) is 9.97 Å². The third-order valence-electron chi connectivity index (χ3n) is 7.41. The fraction of sp³-hybridized carbons (Fsp3) is 0.286. The Labute approximate surface area is 237 Å². The van der Waals surface area contributed by atoms with Crippen LogP contribution in [-0.2, 0) is 21.4 Å². The van der Waals surface area contributed by atoms with Gasteiger partial charge in [-0.2, -0.15) is 9.29 Å². The lowest BCUT2D eigenvalue weighted by Crippen LogP contribution is -2.34. The maximum Gasteiger partial charge on any atom is 0.290 e. The molecule has 0 radical (unpaired) electrons. The van der Waals surface area contributed by atoms with Gasteiger partial charge in [-0.1, -0.05) is 48.5 Å². The zero-order valence-corrected chi connectivity index (χ0v) is 23.4. The first-order valence-corrected chi connectivity index (χ1v) is 15.2. The van der Waals surface area contributed by atoms with E-state index < -0.39 is 21.2 Å². The molecule has 1 aromatic heterocycles. The number of thioether (sulfide) groups is 1. The number of anilines is 2. The van der Waals surface area contributed by atoms with Crippen molar-refractivity contribution in [1.29, 1.82) is 0 Å². The minimum absolute atomic E-state index is 0.156. The van der Waals surface area contributed by atoms with E-state index in [9.17, 15) is 18.0 Å². The predicted octanol–water partition coefficient (Wildman–Crippen LogP) is 3.19. The average Bonchev–Trinajstić information content (AvgIpc) is 3.63. The fourth-order valence-electron chi connectivity index (χ4n) is 5.40. The molecule has 3 aliphatic rings. The van der Waals surface area contributed by atoms with Gasteiger partial charge in [-0.25, -0.2) is 13.4 Å². The number of rotatable bonds is 7. The van der Waals surface area contributed by atoms with Crippen LogP contribution in [0.4, 0.5) is 16.6 Å². The van der Waals surface area contributed by atoms with Crippen LogP contribution in [0.5, 0.6) is 0 Å². The van der Waals surface area contributed by atoms with Crippen molar-refractivity contribution in [2.75, 3.05) is 43.0 Å². The largest absolute Gasteiger partial charge is 0.355 e. The number of aromatic nitrogens is 2. The monoisotopic (exact) mass is 576 g/mol. The molecule has 0 aliphatic carbocycles. The lowest BCUT2D eigenvalue weighted by molar-refractivity contribution is -0.115. The molecule has 0 saturated carbocycles. The Bertz CT molecular complexity index is 1570. The van der Waals surface area contributed by atoms with Gasteiger partial charge >= 0.3 is 0 Å². The number of hydrogen-bond donors (Lipinski definition) is 1. The summed E-state index contributed by atoms with van der Waals surface area (Å²) in [6.07, 6.45) is 1.61. The van der Waals surface area contributed by atoms with E-state index >= 15 is 0 Å². The second-order valence-corrected chi connectivity index (χ2v) is 13.2. The molecule has 1 N–H and O–H groups in total. The maximum atomic E-state index is 13.2. The Morgan fingerprint density at radius 1 is 0.975 bits per heavy atom. The number of fused-ring (bicyclic) bond motifs is 1. The summed E-state index contributed by atoms with van der Waals surface area (Å²) in [4.78, 5) is 38.2. The van der Waals surface area contributed by atoms with E-state index in [0.717, 1.165) is 17.3 Å². The summed E-state index contributed by atoms with van der Waals surface area (Å²) in [6, 6.07) is 20.4. The molecular formula is C28H28N6O4S2.